The van der Waals surface area contributed by atoms with Crippen molar-refractivity contribution >= 4 is 22.7 Å². The number of hydrogen-bond donors (Lipinski definition) is 1. The highest BCUT2D eigenvalue weighted by molar-refractivity contribution is 5.94. The average molecular weight is 392 g/mol. The van der Waals surface area contributed by atoms with Crippen molar-refractivity contribution in [3.05, 3.63) is 72.5 Å². The van der Waals surface area contributed by atoms with Gasteiger partial charge in [0.05, 0.1) is 7.11 Å². The number of carbonyl (C=O) groups excluding carboxylic acids is 1. The zero-order chi connectivity index (χ0) is 20.2. The van der Waals surface area contributed by atoms with Crippen LogP contribution in [0.4, 0.5) is 10.1 Å². The molecule has 0 saturated heterocycles. The summed E-state index contributed by atoms with van der Waals surface area (Å²) in [6.45, 7) is -0.195. The van der Waals surface area contributed by atoms with E-state index in [2.05, 4.69) is 10.3 Å². The summed E-state index contributed by atoms with van der Waals surface area (Å²) in [4.78, 5) is 16.6. The van der Waals surface area contributed by atoms with Crippen LogP contribution >= 0.6 is 0 Å². The van der Waals surface area contributed by atoms with E-state index < -0.39 is 0 Å². The number of anilines is 1. The smallest absolute Gasteiger partial charge is 0.262 e. The first-order valence-electron chi connectivity index (χ1n) is 8.84. The number of hydrogen-bond acceptors (Lipinski definition) is 5. The quantitative estimate of drug-likeness (QED) is 0.517. The molecule has 0 bridgehead atoms. The van der Waals surface area contributed by atoms with Gasteiger partial charge >= 0.3 is 0 Å². The van der Waals surface area contributed by atoms with E-state index in [0.717, 1.165) is 11.3 Å². The minimum atomic E-state index is -0.364. The number of amides is 1. The van der Waals surface area contributed by atoms with Gasteiger partial charge in [-0.25, -0.2) is 9.37 Å². The molecule has 1 amide bonds. The number of oxazole rings is 1. The molecule has 0 aliphatic heterocycles. The summed E-state index contributed by atoms with van der Waals surface area (Å²) >= 11 is 0. The molecule has 6 nitrogen and oxygen atoms in total. The summed E-state index contributed by atoms with van der Waals surface area (Å²) in [5, 5.41) is 2.74. The van der Waals surface area contributed by atoms with Gasteiger partial charge in [0.25, 0.3) is 5.91 Å². The number of aromatic nitrogens is 1. The molecule has 4 rings (SSSR count). The maximum absolute atomic E-state index is 12.9. The molecule has 0 aliphatic carbocycles. The van der Waals surface area contributed by atoms with Crippen LogP contribution < -0.4 is 14.8 Å². The highest BCUT2D eigenvalue weighted by atomic mass is 19.1. The Kier molecular flexibility index (Phi) is 5.11. The van der Waals surface area contributed by atoms with Crippen LogP contribution in [0.25, 0.3) is 22.6 Å². The minimum Gasteiger partial charge on any atom is -0.497 e. The van der Waals surface area contributed by atoms with Crippen molar-refractivity contribution in [3.8, 4) is 23.0 Å². The van der Waals surface area contributed by atoms with Gasteiger partial charge in [-0.05, 0) is 66.7 Å². The van der Waals surface area contributed by atoms with Crippen molar-refractivity contribution in [1.29, 1.82) is 0 Å². The van der Waals surface area contributed by atoms with Crippen LogP contribution in [0.2, 0.25) is 0 Å². The molecule has 0 aliphatic rings. The maximum Gasteiger partial charge on any atom is 0.262 e. The van der Waals surface area contributed by atoms with Crippen molar-refractivity contribution in [1.82, 2.24) is 4.98 Å². The predicted molar refractivity (Wildman–Crippen MR) is 107 cm³/mol. The lowest BCUT2D eigenvalue weighted by atomic mass is 10.2. The number of carbonyl (C=O) groups is 1. The third kappa shape index (κ3) is 4.35. The summed E-state index contributed by atoms with van der Waals surface area (Å²) in [5.41, 5.74) is 2.62. The van der Waals surface area contributed by atoms with Crippen LogP contribution in [-0.4, -0.2) is 24.6 Å². The molecule has 0 radical (unpaired) electrons. The molecule has 29 heavy (non-hydrogen) atoms. The number of nitrogens with one attached hydrogen (secondary N) is 1. The van der Waals surface area contributed by atoms with E-state index in [1.54, 1.807) is 25.3 Å². The van der Waals surface area contributed by atoms with Gasteiger partial charge in [-0.15, -0.1) is 0 Å². The van der Waals surface area contributed by atoms with E-state index in [0.29, 0.717) is 28.4 Å². The maximum atomic E-state index is 12.9. The fourth-order valence-electron chi connectivity index (χ4n) is 2.74. The Bertz CT molecular complexity index is 1140. The summed E-state index contributed by atoms with van der Waals surface area (Å²) in [6.07, 6.45) is 0. The van der Waals surface area contributed by atoms with Gasteiger partial charge < -0.3 is 19.2 Å². The lowest BCUT2D eigenvalue weighted by Crippen LogP contribution is -2.20. The van der Waals surface area contributed by atoms with Gasteiger partial charge in [0, 0.05) is 11.3 Å². The molecule has 7 heteroatoms. The molecule has 0 saturated carbocycles. The Balaban J connectivity index is 1.44. The monoisotopic (exact) mass is 392 g/mol. The van der Waals surface area contributed by atoms with Gasteiger partial charge in [0.2, 0.25) is 5.89 Å². The normalized spacial score (nSPS) is 10.7. The highest BCUT2D eigenvalue weighted by Crippen LogP contribution is 2.27. The molecule has 0 fully saturated rings. The number of nitrogens with zero attached hydrogens (tertiary/aromatic N) is 1. The molecule has 0 atom stereocenters. The Morgan fingerprint density at radius 3 is 2.48 bits per heavy atom. The van der Waals surface area contributed by atoms with Crippen LogP contribution in [0, 0.1) is 5.82 Å². The van der Waals surface area contributed by atoms with E-state index in [4.69, 9.17) is 13.9 Å². The first-order chi connectivity index (χ1) is 14.1. The molecule has 1 N–H and O–H groups in total. The topological polar surface area (TPSA) is 73.6 Å². The number of benzene rings is 3. The van der Waals surface area contributed by atoms with E-state index in [1.807, 2.05) is 24.3 Å². The summed E-state index contributed by atoms with van der Waals surface area (Å²) < 4.78 is 29.2. The van der Waals surface area contributed by atoms with Crippen LogP contribution in [0.3, 0.4) is 0 Å². The van der Waals surface area contributed by atoms with E-state index >= 15 is 0 Å². The zero-order valence-electron chi connectivity index (χ0n) is 15.5. The fourth-order valence-corrected chi connectivity index (χ4v) is 2.74. The SMILES string of the molecule is COc1ccc(-c2nc3cc(NC(=O)COc4ccc(F)cc4)ccc3o2)cc1. The number of rotatable bonds is 6. The summed E-state index contributed by atoms with van der Waals surface area (Å²) in [5.74, 6) is 0.936. The average Bonchev–Trinajstić information content (AvgIpc) is 3.17. The standard InChI is InChI=1S/C22H17FN2O4/c1-27-17-7-2-14(3-8-17)22-25-19-12-16(6-11-20(19)29-22)24-21(26)13-28-18-9-4-15(23)5-10-18/h2-12H,13H2,1H3,(H,24,26). The molecule has 1 heterocycles. The molecular weight excluding hydrogens is 375 g/mol. The van der Waals surface area contributed by atoms with Crippen molar-refractivity contribution in [2.24, 2.45) is 0 Å². The lowest BCUT2D eigenvalue weighted by Gasteiger charge is -2.07. The molecule has 1 aromatic heterocycles. The third-order valence-electron chi connectivity index (χ3n) is 4.19. The van der Waals surface area contributed by atoms with Crippen LogP contribution in [0.1, 0.15) is 0 Å². The second-order valence-corrected chi connectivity index (χ2v) is 6.22. The second kappa shape index (κ2) is 8.02. The molecule has 0 spiro atoms. The van der Waals surface area contributed by atoms with E-state index in [1.165, 1.54) is 24.3 Å². The van der Waals surface area contributed by atoms with E-state index in [-0.39, 0.29) is 18.3 Å². The molecule has 0 unspecified atom stereocenters. The predicted octanol–water partition coefficient (Wildman–Crippen LogP) is 4.66. The summed E-state index contributed by atoms with van der Waals surface area (Å²) in [6, 6.07) is 18.0. The van der Waals surface area contributed by atoms with Gasteiger partial charge in [-0.3, -0.25) is 4.79 Å². The van der Waals surface area contributed by atoms with Crippen LogP contribution in [-0.2, 0) is 4.79 Å². The van der Waals surface area contributed by atoms with Crippen molar-refractivity contribution < 1.29 is 23.1 Å². The largest absolute Gasteiger partial charge is 0.497 e. The van der Waals surface area contributed by atoms with Crippen molar-refractivity contribution in [2.45, 2.75) is 0 Å². The number of methoxy groups -OCH3 is 1. The first kappa shape index (κ1) is 18.5. The van der Waals surface area contributed by atoms with Crippen LogP contribution in [0.15, 0.2) is 71.1 Å². The highest BCUT2D eigenvalue weighted by Gasteiger charge is 2.11. The molecule has 146 valence electrons. The van der Waals surface area contributed by atoms with Crippen LogP contribution in [0.5, 0.6) is 11.5 Å². The fraction of sp³-hybridized carbons (Fsp3) is 0.0909. The minimum absolute atomic E-state index is 0.195. The van der Waals surface area contributed by atoms with Gasteiger partial charge in [0.15, 0.2) is 12.2 Å². The molecular formula is C22H17FN2O4. The van der Waals surface area contributed by atoms with Gasteiger partial charge in [-0.1, -0.05) is 0 Å². The number of fused-ring (bicyclic) bond motifs is 1. The summed E-state index contributed by atoms with van der Waals surface area (Å²) in [7, 11) is 1.61. The Morgan fingerprint density at radius 2 is 1.76 bits per heavy atom. The van der Waals surface area contributed by atoms with Crippen molar-refractivity contribution in [3.63, 3.8) is 0 Å². The zero-order valence-corrected chi connectivity index (χ0v) is 15.5. The second-order valence-electron chi connectivity index (χ2n) is 6.22. The first-order valence-corrected chi connectivity index (χ1v) is 8.84. The molecule has 4 aromatic rings. The third-order valence-corrected chi connectivity index (χ3v) is 4.19. The van der Waals surface area contributed by atoms with Crippen molar-refractivity contribution in [2.75, 3.05) is 19.0 Å². The van der Waals surface area contributed by atoms with Gasteiger partial charge in [-0.2, -0.15) is 0 Å². The van der Waals surface area contributed by atoms with Gasteiger partial charge in [0.1, 0.15) is 22.8 Å². The molecule has 3 aromatic carbocycles. The Morgan fingerprint density at radius 1 is 1.03 bits per heavy atom. The number of ether oxygens (including phenoxy) is 2. The number of halogens is 1. The Hall–Kier alpha value is -3.87. The van der Waals surface area contributed by atoms with E-state index in [9.17, 15) is 9.18 Å². The lowest BCUT2D eigenvalue weighted by molar-refractivity contribution is -0.118. The Labute approximate surface area is 165 Å².